The molecule has 0 saturated heterocycles. The second kappa shape index (κ2) is 7.47. The van der Waals surface area contributed by atoms with Crippen molar-refractivity contribution in [1.82, 2.24) is 0 Å². The van der Waals surface area contributed by atoms with E-state index in [-0.39, 0.29) is 5.78 Å². The van der Waals surface area contributed by atoms with E-state index in [2.05, 4.69) is 0 Å². The Hall–Kier alpha value is -1.53. The number of Topliss-reactive ketones (excluding diaryl/α,β-unsaturated/α-hetero) is 1. The van der Waals surface area contributed by atoms with Crippen molar-refractivity contribution < 1.29 is 19.4 Å². The highest BCUT2D eigenvalue weighted by atomic mass is 32.2. The van der Waals surface area contributed by atoms with Crippen molar-refractivity contribution in [2.75, 3.05) is 12.4 Å². The molecule has 0 unspecified atom stereocenters. The van der Waals surface area contributed by atoms with Crippen LogP contribution in [0.15, 0.2) is 24.3 Å². The van der Waals surface area contributed by atoms with E-state index in [1.807, 2.05) is 0 Å². The van der Waals surface area contributed by atoms with Gasteiger partial charge in [0.25, 0.3) is 0 Å². The summed E-state index contributed by atoms with van der Waals surface area (Å²) in [5.41, 5.74) is 6.19. The van der Waals surface area contributed by atoms with Gasteiger partial charge in [0.2, 0.25) is 0 Å². The number of thioether (sulfide) groups is 1. The lowest BCUT2D eigenvalue weighted by molar-refractivity contribution is -0.139. The third kappa shape index (κ3) is 5.06. The number of para-hydroxylation sites is 1. The molecule has 0 saturated carbocycles. The summed E-state index contributed by atoms with van der Waals surface area (Å²) >= 11 is 1.43. The molecule has 0 aromatic heterocycles. The van der Waals surface area contributed by atoms with E-state index in [0.29, 0.717) is 23.7 Å². The molecule has 0 aliphatic rings. The molecule has 0 amide bonds. The van der Waals surface area contributed by atoms with Gasteiger partial charge in [-0.15, -0.1) is 11.8 Å². The zero-order valence-corrected chi connectivity index (χ0v) is 13.3. The molecule has 0 aliphatic heterocycles. The first-order valence-corrected chi connectivity index (χ1v) is 7.59. The predicted octanol–water partition coefficient (Wildman–Crippen LogP) is 2.19. The van der Waals surface area contributed by atoms with Crippen molar-refractivity contribution in [3.8, 4) is 5.75 Å². The first-order valence-electron chi connectivity index (χ1n) is 6.61. The normalized spacial score (nSPS) is 12.8. The lowest BCUT2D eigenvalue weighted by Gasteiger charge is -2.27. The van der Waals surface area contributed by atoms with Crippen LogP contribution in [0.5, 0.6) is 5.75 Å². The van der Waals surface area contributed by atoms with Gasteiger partial charge in [-0.1, -0.05) is 12.1 Å². The molecular weight excluding hydrogens is 290 g/mol. The van der Waals surface area contributed by atoms with Crippen LogP contribution in [0.1, 0.15) is 31.1 Å². The number of nitrogens with two attached hydrogens (primary N) is 1. The van der Waals surface area contributed by atoms with Crippen molar-refractivity contribution in [2.24, 2.45) is 5.73 Å². The summed E-state index contributed by atoms with van der Waals surface area (Å²) in [6, 6.07) is 6.11. The molecule has 21 heavy (non-hydrogen) atoms. The third-order valence-electron chi connectivity index (χ3n) is 3.10. The van der Waals surface area contributed by atoms with Crippen molar-refractivity contribution in [2.45, 2.75) is 31.6 Å². The minimum Gasteiger partial charge on any atom is -0.492 e. The number of hydrogen-bond donors (Lipinski definition) is 2. The maximum absolute atomic E-state index is 11.5. The zero-order valence-electron chi connectivity index (χ0n) is 12.5. The number of carboxylic acids is 1. The number of rotatable bonds is 8. The number of carbonyl (C=O) groups is 2. The second-order valence-electron chi connectivity index (χ2n) is 5.17. The molecule has 1 aromatic rings. The van der Waals surface area contributed by atoms with Crippen LogP contribution in [0.2, 0.25) is 0 Å². The van der Waals surface area contributed by atoms with Crippen LogP contribution in [0, 0.1) is 0 Å². The fourth-order valence-corrected chi connectivity index (χ4v) is 2.70. The van der Waals surface area contributed by atoms with E-state index >= 15 is 0 Å². The Bertz CT molecular complexity index is 516. The maximum atomic E-state index is 11.5. The first-order chi connectivity index (χ1) is 9.75. The van der Waals surface area contributed by atoms with Crippen LogP contribution in [-0.4, -0.2) is 40.0 Å². The summed E-state index contributed by atoms with van der Waals surface area (Å²) in [5, 5.41) is 8.94. The summed E-state index contributed by atoms with van der Waals surface area (Å²) < 4.78 is 5.02. The molecule has 0 radical (unpaired) electrons. The van der Waals surface area contributed by atoms with Crippen LogP contribution < -0.4 is 10.5 Å². The average Bonchev–Trinajstić information content (AvgIpc) is 2.42. The second-order valence-corrected chi connectivity index (χ2v) is 6.92. The first kappa shape index (κ1) is 17.5. The number of benzene rings is 1. The monoisotopic (exact) mass is 311 g/mol. The van der Waals surface area contributed by atoms with E-state index in [0.717, 1.165) is 0 Å². The number of aliphatic carboxylic acids is 1. The summed E-state index contributed by atoms with van der Waals surface area (Å²) in [6.07, 6.45) is 0. The van der Waals surface area contributed by atoms with Gasteiger partial charge < -0.3 is 15.6 Å². The quantitative estimate of drug-likeness (QED) is 0.565. The number of ketones is 1. The summed E-state index contributed by atoms with van der Waals surface area (Å²) in [5.74, 6) is 0.0630. The van der Waals surface area contributed by atoms with Crippen LogP contribution in [0.4, 0.5) is 0 Å². The van der Waals surface area contributed by atoms with Gasteiger partial charge in [0.05, 0.1) is 12.2 Å². The minimum absolute atomic E-state index is 0.0496. The molecule has 0 aliphatic carbocycles. The molecule has 5 nitrogen and oxygen atoms in total. The Balaban J connectivity index is 2.52. The van der Waals surface area contributed by atoms with Gasteiger partial charge in [0, 0.05) is 10.5 Å². The van der Waals surface area contributed by atoms with E-state index in [4.69, 9.17) is 15.6 Å². The molecule has 1 atom stereocenters. The van der Waals surface area contributed by atoms with Gasteiger partial charge in [-0.25, -0.2) is 0 Å². The largest absolute Gasteiger partial charge is 0.492 e. The highest BCUT2D eigenvalue weighted by Gasteiger charge is 2.32. The molecular formula is C15H21NO4S. The molecule has 116 valence electrons. The van der Waals surface area contributed by atoms with Gasteiger partial charge in [0.1, 0.15) is 11.8 Å². The SMILES string of the molecule is CC(=O)c1ccccc1OCCSC(C)(C)[C@@H](N)C(=O)O. The van der Waals surface area contributed by atoms with Gasteiger partial charge in [-0.3, -0.25) is 9.59 Å². The lowest BCUT2D eigenvalue weighted by atomic mass is 10.1. The average molecular weight is 311 g/mol. The molecule has 0 fully saturated rings. The Morgan fingerprint density at radius 2 is 2.00 bits per heavy atom. The zero-order chi connectivity index (χ0) is 16.0. The third-order valence-corrected chi connectivity index (χ3v) is 4.47. The number of ether oxygens (including phenoxy) is 1. The van der Waals surface area contributed by atoms with Gasteiger partial charge in [-0.05, 0) is 32.9 Å². The van der Waals surface area contributed by atoms with Crippen molar-refractivity contribution in [1.29, 1.82) is 0 Å². The predicted molar refractivity (Wildman–Crippen MR) is 84.1 cm³/mol. The smallest absolute Gasteiger partial charge is 0.321 e. The number of carboxylic acid groups (broad SMARTS) is 1. The molecule has 3 N–H and O–H groups in total. The van der Waals surface area contributed by atoms with E-state index in [1.54, 1.807) is 38.1 Å². The molecule has 6 heteroatoms. The fraction of sp³-hybridized carbons (Fsp3) is 0.467. The molecule has 1 aromatic carbocycles. The van der Waals surface area contributed by atoms with Crippen LogP contribution in [0.25, 0.3) is 0 Å². The fourth-order valence-electron chi connectivity index (χ4n) is 1.73. The minimum atomic E-state index is -1.02. The topological polar surface area (TPSA) is 89.6 Å². The molecule has 0 heterocycles. The van der Waals surface area contributed by atoms with E-state index in [1.165, 1.54) is 18.7 Å². The van der Waals surface area contributed by atoms with Crippen LogP contribution >= 0.6 is 11.8 Å². The Morgan fingerprint density at radius 1 is 1.38 bits per heavy atom. The van der Waals surface area contributed by atoms with Gasteiger partial charge >= 0.3 is 5.97 Å². The maximum Gasteiger partial charge on any atom is 0.321 e. The lowest BCUT2D eigenvalue weighted by Crippen LogP contribution is -2.47. The van der Waals surface area contributed by atoms with Crippen LogP contribution in [-0.2, 0) is 4.79 Å². The summed E-state index contributed by atoms with van der Waals surface area (Å²) in [4.78, 5) is 22.4. The molecule has 0 spiro atoms. The standard InChI is InChI=1S/C15H21NO4S/c1-10(17)11-6-4-5-7-12(11)20-8-9-21-15(2,3)13(16)14(18)19/h4-7,13H,8-9,16H2,1-3H3,(H,18,19)/t13-/m0/s1. The van der Waals surface area contributed by atoms with Gasteiger partial charge in [-0.2, -0.15) is 0 Å². The Kier molecular flexibility index (Phi) is 6.23. The van der Waals surface area contributed by atoms with Gasteiger partial charge in [0.15, 0.2) is 5.78 Å². The van der Waals surface area contributed by atoms with Crippen LogP contribution in [0.3, 0.4) is 0 Å². The summed E-state index contributed by atoms with van der Waals surface area (Å²) in [6.45, 7) is 5.45. The Labute approximate surface area is 128 Å². The van der Waals surface area contributed by atoms with Crippen molar-refractivity contribution in [3.05, 3.63) is 29.8 Å². The van der Waals surface area contributed by atoms with Crippen molar-refractivity contribution in [3.63, 3.8) is 0 Å². The number of hydrogen-bond acceptors (Lipinski definition) is 5. The highest BCUT2D eigenvalue weighted by Crippen LogP contribution is 2.27. The molecule has 1 rings (SSSR count). The highest BCUT2D eigenvalue weighted by molar-refractivity contribution is 8.00. The molecule has 0 bridgehead atoms. The van der Waals surface area contributed by atoms with E-state index in [9.17, 15) is 9.59 Å². The van der Waals surface area contributed by atoms with Crippen molar-refractivity contribution >= 4 is 23.5 Å². The van der Waals surface area contributed by atoms with E-state index < -0.39 is 16.8 Å². The Morgan fingerprint density at radius 3 is 2.57 bits per heavy atom. The summed E-state index contributed by atoms with van der Waals surface area (Å²) in [7, 11) is 0. The number of carbonyl (C=O) groups excluding carboxylic acids is 1.